The van der Waals surface area contributed by atoms with Crippen LogP contribution in [0.2, 0.25) is 0 Å². The fourth-order valence-electron chi connectivity index (χ4n) is 3.44. The molecular formula is C22H13F3O4. The molecule has 3 aromatic rings. The zero-order valence-electron chi connectivity index (χ0n) is 14.8. The monoisotopic (exact) mass is 398 g/mol. The summed E-state index contributed by atoms with van der Waals surface area (Å²) in [6, 6.07) is 12.4. The molecule has 0 unspecified atom stereocenters. The number of carbonyl (C=O) groups is 2. The predicted octanol–water partition coefficient (Wildman–Crippen LogP) is 4.48. The molecule has 0 aliphatic carbocycles. The zero-order valence-corrected chi connectivity index (χ0v) is 14.8. The summed E-state index contributed by atoms with van der Waals surface area (Å²) in [6.07, 6.45) is -0.339. The maximum Gasteiger partial charge on any atom is 0.312 e. The van der Waals surface area contributed by atoms with Crippen LogP contribution in [0, 0.1) is 17.5 Å². The Kier molecular flexibility index (Phi) is 4.58. The van der Waals surface area contributed by atoms with E-state index in [0.29, 0.717) is 5.56 Å². The molecule has 0 amide bonds. The SMILES string of the molecule is O=C1C[C@@H](c2cc(F)c(F)c(F)c2)c2c(ccc(C(=O)c3ccccc3)c2O)O1. The average molecular weight is 398 g/mol. The van der Waals surface area contributed by atoms with Gasteiger partial charge in [-0.15, -0.1) is 0 Å². The third kappa shape index (κ3) is 3.24. The Morgan fingerprint density at radius 1 is 1.00 bits per heavy atom. The maximum absolute atomic E-state index is 13.7. The lowest BCUT2D eigenvalue weighted by atomic mass is 9.84. The van der Waals surface area contributed by atoms with Gasteiger partial charge in [-0.05, 0) is 29.8 Å². The van der Waals surface area contributed by atoms with E-state index in [1.54, 1.807) is 30.3 Å². The predicted molar refractivity (Wildman–Crippen MR) is 96.4 cm³/mol. The number of fused-ring (bicyclic) bond motifs is 1. The highest BCUT2D eigenvalue weighted by Gasteiger charge is 2.34. The van der Waals surface area contributed by atoms with Crippen LogP contribution in [0.4, 0.5) is 13.2 Å². The number of hydrogen-bond acceptors (Lipinski definition) is 4. The molecule has 0 spiro atoms. The number of rotatable bonds is 3. The third-order valence-corrected chi connectivity index (χ3v) is 4.81. The van der Waals surface area contributed by atoms with Crippen molar-refractivity contribution >= 4 is 11.8 Å². The molecule has 0 radical (unpaired) electrons. The molecule has 0 fully saturated rings. The summed E-state index contributed by atoms with van der Waals surface area (Å²) in [5.74, 6) is -7.14. The lowest BCUT2D eigenvalue weighted by Gasteiger charge is -2.26. The van der Waals surface area contributed by atoms with E-state index in [-0.39, 0.29) is 28.9 Å². The molecule has 4 nitrogen and oxygen atoms in total. The van der Waals surface area contributed by atoms with Crippen molar-refractivity contribution in [1.82, 2.24) is 0 Å². The number of aromatic hydroxyl groups is 1. The zero-order chi connectivity index (χ0) is 20.7. The first kappa shape index (κ1) is 18.7. The normalized spacial score (nSPS) is 15.6. The lowest BCUT2D eigenvalue weighted by Crippen LogP contribution is -2.22. The van der Waals surface area contributed by atoms with Gasteiger partial charge in [0.05, 0.1) is 12.0 Å². The van der Waals surface area contributed by atoms with Crippen molar-refractivity contribution in [3.8, 4) is 11.5 Å². The van der Waals surface area contributed by atoms with Crippen LogP contribution in [-0.2, 0) is 4.79 Å². The molecule has 4 rings (SSSR count). The number of phenols is 1. The molecule has 0 saturated heterocycles. The molecule has 1 aliphatic heterocycles. The van der Waals surface area contributed by atoms with Crippen LogP contribution < -0.4 is 4.74 Å². The smallest absolute Gasteiger partial charge is 0.312 e. The van der Waals surface area contributed by atoms with Crippen LogP contribution in [-0.4, -0.2) is 16.9 Å². The number of esters is 1. The van der Waals surface area contributed by atoms with Crippen LogP contribution in [0.25, 0.3) is 0 Å². The van der Waals surface area contributed by atoms with Crippen LogP contribution in [0.3, 0.4) is 0 Å². The molecule has 0 saturated carbocycles. The van der Waals surface area contributed by atoms with Crippen LogP contribution in [0.15, 0.2) is 54.6 Å². The molecule has 1 atom stereocenters. The van der Waals surface area contributed by atoms with Gasteiger partial charge < -0.3 is 9.84 Å². The van der Waals surface area contributed by atoms with Gasteiger partial charge in [-0.3, -0.25) is 9.59 Å². The lowest BCUT2D eigenvalue weighted by molar-refractivity contribution is -0.135. The molecule has 0 bridgehead atoms. The number of carbonyl (C=O) groups excluding carboxylic acids is 2. The van der Waals surface area contributed by atoms with Gasteiger partial charge >= 0.3 is 5.97 Å². The first-order valence-electron chi connectivity index (χ1n) is 8.67. The van der Waals surface area contributed by atoms with Crippen molar-refractivity contribution in [3.63, 3.8) is 0 Å². The summed E-state index contributed by atoms with van der Waals surface area (Å²) in [4.78, 5) is 24.7. The fourth-order valence-corrected chi connectivity index (χ4v) is 3.44. The van der Waals surface area contributed by atoms with Gasteiger partial charge in [0.15, 0.2) is 23.2 Å². The number of hydrogen-bond donors (Lipinski definition) is 1. The molecule has 1 heterocycles. The molecule has 1 aliphatic rings. The standard InChI is InChI=1S/C22H13F3O4/c23-15-8-12(9-16(24)20(15)25)14-10-18(26)29-17-7-6-13(22(28)19(14)17)21(27)11-4-2-1-3-5-11/h1-9,14,28H,10H2/t14-/m0/s1. The van der Waals surface area contributed by atoms with Crippen molar-refractivity contribution in [2.75, 3.05) is 0 Å². The number of ketones is 1. The Bertz CT molecular complexity index is 1120. The van der Waals surface area contributed by atoms with E-state index in [1.165, 1.54) is 12.1 Å². The van der Waals surface area contributed by atoms with Crippen LogP contribution >= 0.6 is 0 Å². The van der Waals surface area contributed by atoms with Gasteiger partial charge in [0, 0.05) is 17.0 Å². The fraction of sp³-hybridized carbons (Fsp3) is 0.0909. The summed E-state index contributed by atoms with van der Waals surface area (Å²) in [6.45, 7) is 0. The number of ether oxygens (including phenoxy) is 1. The van der Waals surface area contributed by atoms with Gasteiger partial charge in [-0.2, -0.15) is 0 Å². The quantitative estimate of drug-likeness (QED) is 0.306. The molecule has 1 N–H and O–H groups in total. The molecule has 29 heavy (non-hydrogen) atoms. The van der Waals surface area contributed by atoms with E-state index in [0.717, 1.165) is 12.1 Å². The van der Waals surface area contributed by atoms with Gasteiger partial charge in [0.1, 0.15) is 11.5 Å². The van der Waals surface area contributed by atoms with Crippen molar-refractivity contribution < 1.29 is 32.6 Å². The van der Waals surface area contributed by atoms with Crippen molar-refractivity contribution in [2.45, 2.75) is 12.3 Å². The van der Waals surface area contributed by atoms with Gasteiger partial charge in [-0.1, -0.05) is 30.3 Å². The van der Waals surface area contributed by atoms with Crippen molar-refractivity contribution in [1.29, 1.82) is 0 Å². The average Bonchev–Trinajstić information content (AvgIpc) is 2.71. The van der Waals surface area contributed by atoms with Gasteiger partial charge in [0.25, 0.3) is 0 Å². The first-order chi connectivity index (χ1) is 13.9. The van der Waals surface area contributed by atoms with E-state index in [4.69, 9.17) is 4.74 Å². The highest BCUT2D eigenvalue weighted by atomic mass is 19.2. The summed E-state index contributed by atoms with van der Waals surface area (Å²) in [5.41, 5.74) is 0.252. The van der Waals surface area contributed by atoms with E-state index >= 15 is 0 Å². The summed E-state index contributed by atoms with van der Waals surface area (Å²) in [7, 11) is 0. The third-order valence-electron chi connectivity index (χ3n) is 4.81. The Morgan fingerprint density at radius 2 is 1.66 bits per heavy atom. The number of halogens is 3. The minimum absolute atomic E-state index is 0.0292. The van der Waals surface area contributed by atoms with Crippen LogP contribution in [0.5, 0.6) is 11.5 Å². The largest absolute Gasteiger partial charge is 0.507 e. The number of phenolic OH excluding ortho intramolecular Hbond substituents is 1. The summed E-state index contributed by atoms with van der Waals surface area (Å²) < 4.78 is 46.0. The summed E-state index contributed by atoms with van der Waals surface area (Å²) >= 11 is 0. The molecule has 3 aromatic carbocycles. The Balaban J connectivity index is 1.87. The van der Waals surface area contributed by atoms with Crippen molar-refractivity contribution in [3.05, 3.63) is 94.3 Å². The Labute approximate surface area is 163 Å². The topological polar surface area (TPSA) is 63.6 Å². The minimum Gasteiger partial charge on any atom is -0.507 e. The molecule has 146 valence electrons. The van der Waals surface area contributed by atoms with E-state index in [1.807, 2.05) is 0 Å². The molecule has 0 aromatic heterocycles. The highest BCUT2D eigenvalue weighted by Crippen LogP contribution is 2.45. The maximum atomic E-state index is 13.7. The minimum atomic E-state index is -1.63. The number of benzene rings is 3. The van der Waals surface area contributed by atoms with E-state index in [2.05, 4.69) is 0 Å². The van der Waals surface area contributed by atoms with Crippen LogP contribution in [0.1, 0.15) is 39.4 Å². The summed E-state index contributed by atoms with van der Waals surface area (Å²) in [5, 5.41) is 10.8. The highest BCUT2D eigenvalue weighted by molar-refractivity contribution is 6.11. The van der Waals surface area contributed by atoms with E-state index in [9.17, 15) is 27.9 Å². The van der Waals surface area contributed by atoms with Crippen molar-refractivity contribution in [2.24, 2.45) is 0 Å². The van der Waals surface area contributed by atoms with Gasteiger partial charge in [-0.25, -0.2) is 13.2 Å². The first-order valence-corrected chi connectivity index (χ1v) is 8.67. The Hall–Kier alpha value is -3.61. The van der Waals surface area contributed by atoms with Gasteiger partial charge in [0.2, 0.25) is 0 Å². The van der Waals surface area contributed by atoms with E-state index < -0.39 is 40.9 Å². The second-order valence-corrected chi connectivity index (χ2v) is 6.60. The second kappa shape index (κ2) is 7.09. The Morgan fingerprint density at radius 3 is 2.31 bits per heavy atom. The second-order valence-electron chi connectivity index (χ2n) is 6.60. The molecule has 7 heteroatoms. The molecular weight excluding hydrogens is 385 g/mol.